The topological polar surface area (TPSA) is 56.6 Å². The summed E-state index contributed by atoms with van der Waals surface area (Å²) in [5.74, 6) is 2.26. The fourth-order valence-electron chi connectivity index (χ4n) is 3.84. The summed E-state index contributed by atoms with van der Waals surface area (Å²) in [7, 11) is 3.17. The molecule has 2 aromatic carbocycles. The molecular formula is C23H27N3O3. The van der Waals surface area contributed by atoms with Crippen LogP contribution >= 0.6 is 0 Å². The summed E-state index contributed by atoms with van der Waals surface area (Å²) in [4.78, 5) is 19.8. The van der Waals surface area contributed by atoms with E-state index in [0.29, 0.717) is 30.2 Å². The largest absolute Gasteiger partial charge is 0.497 e. The number of methoxy groups -OCH3 is 2. The number of amides is 1. The van der Waals surface area contributed by atoms with E-state index in [9.17, 15) is 4.79 Å². The maximum Gasteiger partial charge on any atom is 0.254 e. The molecule has 29 heavy (non-hydrogen) atoms. The van der Waals surface area contributed by atoms with E-state index in [0.717, 1.165) is 16.9 Å². The number of hydrogen-bond acceptors (Lipinski definition) is 4. The van der Waals surface area contributed by atoms with Gasteiger partial charge in [-0.15, -0.1) is 0 Å². The molecule has 0 N–H and O–H groups in total. The highest BCUT2D eigenvalue weighted by Gasteiger charge is 2.36. The van der Waals surface area contributed by atoms with Gasteiger partial charge in [-0.25, -0.2) is 4.98 Å². The van der Waals surface area contributed by atoms with Crippen molar-refractivity contribution in [2.24, 2.45) is 0 Å². The number of rotatable bonds is 4. The number of benzene rings is 2. The Morgan fingerprint density at radius 2 is 1.66 bits per heavy atom. The summed E-state index contributed by atoms with van der Waals surface area (Å²) >= 11 is 0. The fourth-order valence-corrected chi connectivity index (χ4v) is 3.84. The van der Waals surface area contributed by atoms with Crippen molar-refractivity contribution < 1.29 is 14.3 Å². The SMILES string of the molecule is COc1cc(OC)cc(C(=O)N2CC(n3c(C(C)(C)C)nc4ccccc43)C2)c1. The van der Waals surface area contributed by atoms with Crippen LogP contribution in [0.5, 0.6) is 11.5 Å². The predicted molar refractivity (Wildman–Crippen MR) is 113 cm³/mol. The van der Waals surface area contributed by atoms with Crippen LogP contribution < -0.4 is 9.47 Å². The Morgan fingerprint density at radius 1 is 1.03 bits per heavy atom. The highest BCUT2D eigenvalue weighted by molar-refractivity contribution is 5.95. The van der Waals surface area contributed by atoms with Crippen LogP contribution in [0.25, 0.3) is 11.0 Å². The molecule has 0 aliphatic carbocycles. The Hall–Kier alpha value is -3.02. The molecule has 6 heteroatoms. The number of carbonyl (C=O) groups excluding carboxylic acids is 1. The summed E-state index contributed by atoms with van der Waals surface area (Å²) in [6.45, 7) is 7.84. The van der Waals surface area contributed by atoms with Crippen LogP contribution in [0.2, 0.25) is 0 Å². The lowest BCUT2D eigenvalue weighted by atomic mass is 9.94. The second kappa shape index (κ2) is 7.10. The van der Waals surface area contributed by atoms with Crippen molar-refractivity contribution in [3.63, 3.8) is 0 Å². The molecule has 1 aliphatic heterocycles. The summed E-state index contributed by atoms with van der Waals surface area (Å²) in [6.07, 6.45) is 0. The van der Waals surface area contributed by atoms with E-state index in [1.807, 2.05) is 23.1 Å². The van der Waals surface area contributed by atoms with Crippen molar-refractivity contribution >= 4 is 16.9 Å². The lowest BCUT2D eigenvalue weighted by molar-refractivity contribution is 0.0518. The molecule has 152 valence electrons. The second-order valence-electron chi connectivity index (χ2n) is 8.51. The minimum absolute atomic E-state index is 0.0137. The maximum absolute atomic E-state index is 13.0. The zero-order chi connectivity index (χ0) is 20.8. The molecule has 0 bridgehead atoms. The van der Waals surface area contributed by atoms with E-state index in [-0.39, 0.29) is 17.4 Å². The van der Waals surface area contributed by atoms with Crippen LogP contribution in [0.15, 0.2) is 42.5 Å². The quantitative estimate of drug-likeness (QED) is 0.671. The highest BCUT2D eigenvalue weighted by Crippen LogP contribution is 2.34. The van der Waals surface area contributed by atoms with Crippen LogP contribution in [0.4, 0.5) is 0 Å². The van der Waals surface area contributed by atoms with Crippen LogP contribution in [0.3, 0.4) is 0 Å². The summed E-state index contributed by atoms with van der Waals surface area (Å²) < 4.78 is 12.9. The predicted octanol–water partition coefficient (Wildman–Crippen LogP) is 4.05. The van der Waals surface area contributed by atoms with Crippen molar-refractivity contribution in [1.82, 2.24) is 14.5 Å². The van der Waals surface area contributed by atoms with Gasteiger partial charge in [-0.3, -0.25) is 4.79 Å². The molecule has 0 saturated carbocycles. The average Bonchev–Trinajstić information content (AvgIpc) is 3.06. The first-order valence-electron chi connectivity index (χ1n) is 9.81. The van der Waals surface area contributed by atoms with Gasteiger partial charge in [0.05, 0.1) is 31.3 Å². The van der Waals surface area contributed by atoms with Gasteiger partial charge < -0.3 is 18.9 Å². The van der Waals surface area contributed by atoms with Crippen LogP contribution in [-0.4, -0.2) is 47.7 Å². The third kappa shape index (κ3) is 3.43. The number of hydrogen-bond donors (Lipinski definition) is 0. The first-order valence-corrected chi connectivity index (χ1v) is 9.81. The van der Waals surface area contributed by atoms with E-state index < -0.39 is 0 Å². The lowest BCUT2D eigenvalue weighted by Crippen LogP contribution is -2.51. The Labute approximate surface area is 171 Å². The molecule has 0 radical (unpaired) electrons. The van der Waals surface area contributed by atoms with Crippen LogP contribution in [-0.2, 0) is 5.41 Å². The molecule has 0 spiro atoms. The Balaban J connectivity index is 1.60. The smallest absolute Gasteiger partial charge is 0.254 e. The number of fused-ring (bicyclic) bond motifs is 1. The first kappa shape index (κ1) is 19.3. The van der Waals surface area contributed by atoms with Gasteiger partial charge in [0.15, 0.2) is 0 Å². The maximum atomic E-state index is 13.0. The monoisotopic (exact) mass is 393 g/mol. The Kier molecular flexibility index (Phi) is 4.73. The number of aromatic nitrogens is 2. The van der Waals surface area contributed by atoms with Gasteiger partial charge in [0, 0.05) is 30.1 Å². The molecule has 1 saturated heterocycles. The number of nitrogens with zero attached hydrogens (tertiary/aromatic N) is 3. The van der Waals surface area contributed by atoms with E-state index in [1.165, 1.54) is 0 Å². The molecule has 0 atom stereocenters. The molecule has 3 aromatic rings. The van der Waals surface area contributed by atoms with Crippen LogP contribution in [0, 0.1) is 0 Å². The molecule has 4 rings (SSSR count). The second-order valence-corrected chi connectivity index (χ2v) is 8.51. The van der Waals surface area contributed by atoms with Gasteiger partial charge >= 0.3 is 0 Å². The zero-order valence-electron chi connectivity index (χ0n) is 17.6. The molecule has 6 nitrogen and oxygen atoms in total. The minimum Gasteiger partial charge on any atom is -0.497 e. The highest BCUT2D eigenvalue weighted by atomic mass is 16.5. The number of ether oxygens (including phenoxy) is 2. The Morgan fingerprint density at radius 3 is 2.24 bits per heavy atom. The minimum atomic E-state index is -0.0798. The molecule has 1 fully saturated rings. The number of likely N-dealkylation sites (tertiary alicyclic amines) is 1. The molecule has 1 aliphatic rings. The number of para-hydroxylation sites is 2. The van der Waals surface area contributed by atoms with E-state index in [1.54, 1.807) is 32.4 Å². The third-order valence-corrected chi connectivity index (χ3v) is 5.38. The van der Waals surface area contributed by atoms with E-state index in [4.69, 9.17) is 14.5 Å². The lowest BCUT2D eigenvalue weighted by Gasteiger charge is -2.42. The summed E-state index contributed by atoms with van der Waals surface area (Å²) in [5, 5.41) is 0. The summed E-state index contributed by atoms with van der Waals surface area (Å²) in [5.41, 5.74) is 2.62. The van der Waals surface area contributed by atoms with Gasteiger partial charge in [0.25, 0.3) is 5.91 Å². The summed E-state index contributed by atoms with van der Waals surface area (Å²) in [6, 6.07) is 13.7. The van der Waals surface area contributed by atoms with Crippen molar-refractivity contribution in [3.05, 3.63) is 53.9 Å². The van der Waals surface area contributed by atoms with Crippen molar-refractivity contribution in [1.29, 1.82) is 0 Å². The van der Waals surface area contributed by atoms with Crippen LogP contribution in [0.1, 0.15) is 43.0 Å². The normalized spacial score (nSPS) is 14.7. The standard InChI is InChI=1S/C23H27N3O3/c1-23(2,3)22-24-19-8-6-7-9-20(19)26(22)16-13-25(14-16)21(27)15-10-17(28-4)12-18(11-15)29-5/h6-12,16H,13-14H2,1-5H3. The fraction of sp³-hybridized carbons (Fsp3) is 0.391. The van der Waals surface area contributed by atoms with Crippen molar-refractivity contribution in [3.8, 4) is 11.5 Å². The van der Waals surface area contributed by atoms with Gasteiger partial charge in [-0.2, -0.15) is 0 Å². The average molecular weight is 393 g/mol. The molecule has 1 amide bonds. The van der Waals surface area contributed by atoms with Gasteiger partial charge in [0.2, 0.25) is 0 Å². The van der Waals surface area contributed by atoms with E-state index in [2.05, 4.69) is 31.4 Å². The number of imidazole rings is 1. The molecule has 0 unspecified atom stereocenters. The van der Waals surface area contributed by atoms with Gasteiger partial charge in [-0.05, 0) is 24.3 Å². The van der Waals surface area contributed by atoms with Crippen molar-refractivity contribution in [2.75, 3.05) is 27.3 Å². The van der Waals surface area contributed by atoms with Gasteiger partial charge in [-0.1, -0.05) is 32.9 Å². The zero-order valence-corrected chi connectivity index (χ0v) is 17.6. The number of carbonyl (C=O) groups is 1. The van der Waals surface area contributed by atoms with Crippen molar-refractivity contribution in [2.45, 2.75) is 32.2 Å². The van der Waals surface area contributed by atoms with E-state index >= 15 is 0 Å². The Bertz CT molecular complexity index is 1040. The molecule has 2 heterocycles. The molecule has 1 aromatic heterocycles. The third-order valence-electron chi connectivity index (χ3n) is 5.38. The van der Waals surface area contributed by atoms with Gasteiger partial charge in [0.1, 0.15) is 17.3 Å². The molecular weight excluding hydrogens is 366 g/mol. The first-order chi connectivity index (χ1) is 13.8.